The second kappa shape index (κ2) is 6.02. The summed E-state index contributed by atoms with van der Waals surface area (Å²) >= 11 is 0. The van der Waals surface area contributed by atoms with Gasteiger partial charge < -0.3 is 9.67 Å². The molecule has 1 heterocycles. The predicted molar refractivity (Wildman–Crippen MR) is 77.1 cm³/mol. The van der Waals surface area contributed by atoms with Gasteiger partial charge in [-0.3, -0.25) is 0 Å². The minimum absolute atomic E-state index is 0.487. The number of aliphatic hydroxyl groups is 1. The van der Waals surface area contributed by atoms with Crippen molar-refractivity contribution in [2.75, 3.05) is 0 Å². The van der Waals surface area contributed by atoms with E-state index in [1.807, 2.05) is 25.3 Å². The highest BCUT2D eigenvalue weighted by atomic mass is 16.3. The van der Waals surface area contributed by atoms with E-state index in [1.54, 1.807) is 6.20 Å². The largest absolute Gasteiger partial charge is 0.388 e. The molecular weight excluding hydrogens is 236 g/mol. The quantitative estimate of drug-likeness (QED) is 0.894. The molecule has 0 amide bonds. The van der Waals surface area contributed by atoms with Crippen LogP contribution in [0.2, 0.25) is 0 Å². The molecule has 0 saturated heterocycles. The van der Waals surface area contributed by atoms with Gasteiger partial charge in [0.2, 0.25) is 0 Å². The maximum Gasteiger partial charge on any atom is 0.111 e. The fourth-order valence-corrected chi connectivity index (χ4v) is 2.46. The Labute approximate surface area is 114 Å². The lowest BCUT2D eigenvalue weighted by Crippen LogP contribution is -2.10. The molecule has 2 rings (SSSR count). The van der Waals surface area contributed by atoms with Gasteiger partial charge in [-0.1, -0.05) is 30.7 Å². The highest BCUT2D eigenvalue weighted by Crippen LogP contribution is 2.22. The zero-order valence-electron chi connectivity index (χ0n) is 11.9. The number of aromatic nitrogens is 2. The molecule has 1 aromatic carbocycles. The topological polar surface area (TPSA) is 38.0 Å². The highest BCUT2D eigenvalue weighted by molar-refractivity contribution is 5.32. The smallest absolute Gasteiger partial charge is 0.111 e. The minimum atomic E-state index is -0.487. The molecule has 0 bridgehead atoms. The number of rotatable bonds is 5. The summed E-state index contributed by atoms with van der Waals surface area (Å²) in [5.74, 6) is 0.953. The van der Waals surface area contributed by atoms with Crippen LogP contribution in [0.5, 0.6) is 0 Å². The van der Waals surface area contributed by atoms with Crippen molar-refractivity contribution in [3.05, 3.63) is 53.1 Å². The monoisotopic (exact) mass is 258 g/mol. The summed E-state index contributed by atoms with van der Waals surface area (Å²) in [6, 6.07) is 6.17. The van der Waals surface area contributed by atoms with Crippen LogP contribution in [-0.4, -0.2) is 14.7 Å². The summed E-state index contributed by atoms with van der Waals surface area (Å²) in [6.07, 6.45) is 4.94. The Kier molecular flexibility index (Phi) is 4.38. The first kappa shape index (κ1) is 13.8. The van der Waals surface area contributed by atoms with E-state index in [4.69, 9.17) is 0 Å². The van der Waals surface area contributed by atoms with Gasteiger partial charge in [0.15, 0.2) is 0 Å². The molecule has 0 aliphatic rings. The van der Waals surface area contributed by atoms with Gasteiger partial charge in [0.1, 0.15) is 5.82 Å². The molecule has 3 heteroatoms. The second-order valence-corrected chi connectivity index (χ2v) is 5.12. The lowest BCUT2D eigenvalue weighted by atomic mass is 9.99. The van der Waals surface area contributed by atoms with E-state index >= 15 is 0 Å². The van der Waals surface area contributed by atoms with Crippen molar-refractivity contribution in [2.24, 2.45) is 0 Å². The number of hydrogen-bond acceptors (Lipinski definition) is 2. The number of hydrogen-bond donors (Lipinski definition) is 1. The normalized spacial score (nSPS) is 12.6. The third-order valence-corrected chi connectivity index (χ3v) is 3.43. The standard InChI is InChI=1S/C16H22N2O/c1-4-8-18-9-7-17-16(18)11-15(19)14-6-5-12(2)10-13(14)3/h5-7,9-10,15,19H,4,8,11H2,1-3H3. The summed E-state index contributed by atoms with van der Waals surface area (Å²) in [4.78, 5) is 4.35. The Morgan fingerprint density at radius 1 is 1.32 bits per heavy atom. The molecule has 0 aliphatic heterocycles. The first-order valence-corrected chi connectivity index (χ1v) is 6.87. The molecule has 0 aliphatic carbocycles. The van der Waals surface area contributed by atoms with Gasteiger partial charge in [-0.2, -0.15) is 0 Å². The molecule has 0 radical (unpaired) electrons. The summed E-state index contributed by atoms with van der Waals surface area (Å²) < 4.78 is 2.12. The van der Waals surface area contributed by atoms with Crippen LogP contribution in [0.25, 0.3) is 0 Å². The highest BCUT2D eigenvalue weighted by Gasteiger charge is 2.14. The Hall–Kier alpha value is -1.61. The average Bonchev–Trinajstić information content (AvgIpc) is 2.77. The number of aliphatic hydroxyl groups excluding tert-OH is 1. The molecule has 19 heavy (non-hydrogen) atoms. The van der Waals surface area contributed by atoms with Crippen LogP contribution in [0.1, 0.15) is 42.0 Å². The predicted octanol–water partition coefficient (Wildman–Crippen LogP) is 3.19. The van der Waals surface area contributed by atoms with Crippen molar-refractivity contribution in [3.63, 3.8) is 0 Å². The minimum Gasteiger partial charge on any atom is -0.388 e. The molecule has 1 aromatic heterocycles. The summed E-state index contributed by atoms with van der Waals surface area (Å²) in [5.41, 5.74) is 3.36. The van der Waals surface area contributed by atoms with E-state index in [-0.39, 0.29) is 0 Å². The van der Waals surface area contributed by atoms with Crippen molar-refractivity contribution < 1.29 is 5.11 Å². The van der Waals surface area contributed by atoms with Crippen LogP contribution >= 0.6 is 0 Å². The van der Waals surface area contributed by atoms with Crippen LogP contribution in [0, 0.1) is 13.8 Å². The molecule has 0 saturated carbocycles. The van der Waals surface area contributed by atoms with Crippen LogP contribution < -0.4 is 0 Å². The SMILES string of the molecule is CCCn1ccnc1CC(O)c1ccc(C)cc1C. The van der Waals surface area contributed by atoms with Crippen molar-refractivity contribution >= 4 is 0 Å². The molecule has 1 unspecified atom stereocenters. The molecule has 2 aromatic rings. The summed E-state index contributed by atoms with van der Waals surface area (Å²) in [6.45, 7) is 7.21. The van der Waals surface area contributed by atoms with E-state index in [1.165, 1.54) is 5.56 Å². The van der Waals surface area contributed by atoms with Gasteiger partial charge in [-0.15, -0.1) is 0 Å². The number of imidazole rings is 1. The van der Waals surface area contributed by atoms with Crippen LogP contribution in [0.4, 0.5) is 0 Å². The van der Waals surface area contributed by atoms with Crippen molar-refractivity contribution in [1.82, 2.24) is 9.55 Å². The van der Waals surface area contributed by atoms with E-state index in [9.17, 15) is 5.11 Å². The van der Waals surface area contributed by atoms with Gasteiger partial charge in [-0.25, -0.2) is 4.98 Å². The van der Waals surface area contributed by atoms with Crippen molar-refractivity contribution in [2.45, 2.75) is 46.3 Å². The van der Waals surface area contributed by atoms with Gasteiger partial charge >= 0.3 is 0 Å². The number of benzene rings is 1. The first-order chi connectivity index (χ1) is 9.11. The molecule has 3 nitrogen and oxygen atoms in total. The second-order valence-electron chi connectivity index (χ2n) is 5.12. The average molecular weight is 258 g/mol. The zero-order valence-corrected chi connectivity index (χ0v) is 11.9. The van der Waals surface area contributed by atoms with Crippen LogP contribution in [0.15, 0.2) is 30.6 Å². The van der Waals surface area contributed by atoms with Crippen LogP contribution in [-0.2, 0) is 13.0 Å². The lowest BCUT2D eigenvalue weighted by molar-refractivity contribution is 0.173. The maximum atomic E-state index is 10.4. The Morgan fingerprint density at radius 3 is 2.79 bits per heavy atom. The summed E-state index contributed by atoms with van der Waals surface area (Å²) in [5, 5.41) is 10.4. The van der Waals surface area contributed by atoms with E-state index < -0.39 is 6.10 Å². The molecular formula is C16H22N2O. The van der Waals surface area contributed by atoms with Crippen molar-refractivity contribution in [3.8, 4) is 0 Å². The third-order valence-electron chi connectivity index (χ3n) is 3.43. The van der Waals surface area contributed by atoms with E-state index in [0.29, 0.717) is 6.42 Å². The molecule has 0 spiro atoms. The van der Waals surface area contributed by atoms with Gasteiger partial charge in [0.25, 0.3) is 0 Å². The van der Waals surface area contributed by atoms with Gasteiger partial charge in [0, 0.05) is 25.4 Å². The fraction of sp³-hybridized carbons (Fsp3) is 0.438. The maximum absolute atomic E-state index is 10.4. The Bertz CT molecular complexity index is 545. The van der Waals surface area contributed by atoms with Crippen molar-refractivity contribution in [1.29, 1.82) is 0 Å². The number of aryl methyl sites for hydroxylation is 3. The molecule has 102 valence electrons. The van der Waals surface area contributed by atoms with Crippen LogP contribution in [0.3, 0.4) is 0 Å². The Morgan fingerprint density at radius 2 is 2.11 bits per heavy atom. The first-order valence-electron chi connectivity index (χ1n) is 6.87. The lowest BCUT2D eigenvalue weighted by Gasteiger charge is -2.15. The third kappa shape index (κ3) is 3.24. The van der Waals surface area contributed by atoms with Gasteiger partial charge in [0.05, 0.1) is 6.10 Å². The Balaban J connectivity index is 2.16. The summed E-state index contributed by atoms with van der Waals surface area (Å²) in [7, 11) is 0. The molecule has 0 fully saturated rings. The van der Waals surface area contributed by atoms with E-state index in [2.05, 4.69) is 29.5 Å². The fourth-order valence-electron chi connectivity index (χ4n) is 2.46. The number of nitrogens with zero attached hydrogens (tertiary/aromatic N) is 2. The van der Waals surface area contributed by atoms with Gasteiger partial charge in [-0.05, 0) is 31.4 Å². The zero-order chi connectivity index (χ0) is 13.8. The molecule has 1 N–H and O–H groups in total. The van der Waals surface area contributed by atoms with E-state index in [0.717, 1.165) is 29.9 Å². The molecule has 1 atom stereocenters.